The molecule has 0 bridgehead atoms. The number of nitrogens with zero attached hydrogens (tertiary/aromatic N) is 2. The molecule has 0 aromatic heterocycles. The molecule has 18 heavy (non-hydrogen) atoms. The van der Waals surface area contributed by atoms with Gasteiger partial charge >= 0.3 is 10.2 Å². The quantitative estimate of drug-likeness (QED) is 0.807. The number of aliphatic hydroxyl groups excluding tert-OH is 1. The van der Waals surface area contributed by atoms with E-state index in [9.17, 15) is 8.42 Å². The van der Waals surface area contributed by atoms with E-state index >= 15 is 0 Å². The van der Waals surface area contributed by atoms with Gasteiger partial charge in [-0.25, -0.2) is 0 Å². The number of benzene rings is 1. The average Bonchev–Trinajstić information content (AvgIpc) is 2.37. The summed E-state index contributed by atoms with van der Waals surface area (Å²) >= 11 is 0. The van der Waals surface area contributed by atoms with Crippen molar-refractivity contribution in [3.05, 3.63) is 30.3 Å². The summed E-state index contributed by atoms with van der Waals surface area (Å²) < 4.78 is 27.3. The first-order chi connectivity index (χ1) is 8.54. The number of rotatable bonds is 7. The summed E-state index contributed by atoms with van der Waals surface area (Å²) in [5.41, 5.74) is 0.649. The van der Waals surface area contributed by atoms with Crippen molar-refractivity contribution in [2.24, 2.45) is 0 Å². The van der Waals surface area contributed by atoms with Gasteiger partial charge < -0.3 is 5.11 Å². The minimum Gasteiger partial charge on any atom is -0.396 e. The molecule has 1 N–H and O–H groups in total. The second-order valence-corrected chi connectivity index (χ2v) is 5.87. The van der Waals surface area contributed by atoms with Gasteiger partial charge in [-0.05, 0) is 25.5 Å². The molecule has 1 rings (SSSR count). The molecule has 5 nitrogen and oxygen atoms in total. The lowest BCUT2D eigenvalue weighted by molar-refractivity contribution is 0.275. The van der Waals surface area contributed by atoms with Gasteiger partial charge in [-0.15, -0.1) is 0 Å². The molecule has 6 heteroatoms. The maximum Gasteiger partial charge on any atom is 0.303 e. The van der Waals surface area contributed by atoms with Crippen LogP contribution >= 0.6 is 0 Å². The van der Waals surface area contributed by atoms with Crippen molar-refractivity contribution in [2.45, 2.75) is 13.3 Å². The number of hydrogen-bond acceptors (Lipinski definition) is 3. The monoisotopic (exact) mass is 272 g/mol. The molecule has 1 aromatic carbocycles. The summed E-state index contributed by atoms with van der Waals surface area (Å²) in [4.78, 5) is 0. The summed E-state index contributed by atoms with van der Waals surface area (Å²) in [7, 11) is -2.00. The van der Waals surface area contributed by atoms with Crippen LogP contribution in [0.3, 0.4) is 0 Å². The Bertz CT molecular complexity index is 448. The molecule has 0 atom stereocenters. The van der Waals surface area contributed by atoms with Crippen molar-refractivity contribution in [1.82, 2.24) is 4.31 Å². The number of hydrogen-bond donors (Lipinski definition) is 1. The van der Waals surface area contributed by atoms with Gasteiger partial charge in [0.05, 0.1) is 5.69 Å². The lowest BCUT2D eigenvalue weighted by atomic mass is 10.3. The Morgan fingerprint density at radius 1 is 1.22 bits per heavy atom. The van der Waals surface area contributed by atoms with Gasteiger partial charge in [-0.1, -0.05) is 18.2 Å². The zero-order valence-electron chi connectivity index (χ0n) is 10.8. The minimum atomic E-state index is -3.52. The highest BCUT2D eigenvalue weighted by molar-refractivity contribution is 7.90. The van der Waals surface area contributed by atoms with Crippen molar-refractivity contribution in [3.8, 4) is 0 Å². The molecule has 0 aliphatic carbocycles. The van der Waals surface area contributed by atoms with Crippen LogP contribution in [0.2, 0.25) is 0 Å². The maximum atomic E-state index is 12.3. The van der Waals surface area contributed by atoms with Crippen LogP contribution in [-0.4, -0.2) is 44.6 Å². The highest BCUT2D eigenvalue weighted by Gasteiger charge is 2.25. The topological polar surface area (TPSA) is 60.9 Å². The fraction of sp³-hybridized carbons (Fsp3) is 0.500. The number of anilines is 1. The standard InChI is InChI=1S/C12H20N2O3S/c1-3-14(12-8-5-4-6-9-12)18(16,17)13(2)10-7-11-15/h4-6,8-9,15H,3,7,10-11H2,1-2H3. The fourth-order valence-electron chi connectivity index (χ4n) is 1.65. The van der Waals surface area contributed by atoms with Crippen LogP contribution in [0.15, 0.2) is 30.3 Å². The van der Waals surface area contributed by atoms with Gasteiger partial charge in [0.2, 0.25) is 0 Å². The van der Waals surface area contributed by atoms with E-state index in [0.717, 1.165) is 0 Å². The van der Waals surface area contributed by atoms with E-state index < -0.39 is 10.2 Å². The van der Waals surface area contributed by atoms with Crippen molar-refractivity contribution in [1.29, 1.82) is 0 Å². The third-order valence-electron chi connectivity index (χ3n) is 2.63. The molecule has 0 aliphatic heterocycles. The summed E-state index contributed by atoms with van der Waals surface area (Å²) in [5.74, 6) is 0. The first kappa shape index (κ1) is 14.9. The Kier molecular flexibility index (Phi) is 5.58. The Hall–Kier alpha value is -1.11. The molecular weight excluding hydrogens is 252 g/mol. The van der Waals surface area contributed by atoms with Gasteiger partial charge in [0.15, 0.2) is 0 Å². The van der Waals surface area contributed by atoms with Crippen molar-refractivity contribution < 1.29 is 13.5 Å². The second kappa shape index (κ2) is 6.72. The molecule has 0 saturated heterocycles. The molecule has 1 aromatic rings. The first-order valence-electron chi connectivity index (χ1n) is 5.94. The van der Waals surface area contributed by atoms with Crippen LogP contribution in [0.4, 0.5) is 5.69 Å². The Balaban J connectivity index is 2.94. The number of para-hydroxylation sites is 1. The van der Waals surface area contributed by atoms with E-state index in [1.165, 1.54) is 15.7 Å². The van der Waals surface area contributed by atoms with E-state index in [0.29, 0.717) is 25.2 Å². The predicted octanol–water partition coefficient (Wildman–Crippen LogP) is 1.07. The van der Waals surface area contributed by atoms with Crippen LogP contribution in [0.5, 0.6) is 0 Å². The summed E-state index contributed by atoms with van der Waals surface area (Å²) in [6.07, 6.45) is 0.433. The number of aliphatic hydroxyl groups is 1. The molecule has 102 valence electrons. The maximum absolute atomic E-state index is 12.3. The SMILES string of the molecule is CCN(c1ccccc1)S(=O)(=O)N(C)CCCO. The van der Waals surface area contributed by atoms with Gasteiger partial charge in [0, 0.05) is 26.7 Å². The first-order valence-corrected chi connectivity index (χ1v) is 7.33. The Morgan fingerprint density at radius 2 is 1.83 bits per heavy atom. The van der Waals surface area contributed by atoms with Crippen LogP contribution in [0.25, 0.3) is 0 Å². The van der Waals surface area contributed by atoms with Crippen LogP contribution in [0.1, 0.15) is 13.3 Å². The average molecular weight is 272 g/mol. The molecule has 0 amide bonds. The summed E-state index contributed by atoms with van der Waals surface area (Å²) in [6.45, 7) is 2.46. The molecule has 0 fully saturated rings. The molecule has 0 spiro atoms. The molecule has 0 radical (unpaired) electrons. The highest BCUT2D eigenvalue weighted by atomic mass is 32.2. The third-order valence-corrected chi connectivity index (χ3v) is 4.63. The van der Waals surface area contributed by atoms with Gasteiger partial charge in [0.1, 0.15) is 0 Å². The van der Waals surface area contributed by atoms with Gasteiger partial charge in [-0.2, -0.15) is 12.7 Å². The normalized spacial score (nSPS) is 11.8. The van der Waals surface area contributed by atoms with Gasteiger partial charge in [0.25, 0.3) is 0 Å². The Morgan fingerprint density at radius 3 is 2.33 bits per heavy atom. The lowest BCUT2D eigenvalue weighted by Crippen LogP contribution is -2.42. The van der Waals surface area contributed by atoms with Crippen LogP contribution < -0.4 is 4.31 Å². The molecule has 0 saturated carbocycles. The molecule has 0 heterocycles. The third kappa shape index (κ3) is 3.44. The van der Waals surface area contributed by atoms with Crippen LogP contribution in [-0.2, 0) is 10.2 Å². The van der Waals surface area contributed by atoms with Crippen molar-refractivity contribution in [2.75, 3.05) is 31.0 Å². The minimum absolute atomic E-state index is 0.0165. The van der Waals surface area contributed by atoms with Gasteiger partial charge in [-0.3, -0.25) is 4.31 Å². The molecular formula is C12H20N2O3S. The van der Waals surface area contributed by atoms with E-state index in [1.807, 2.05) is 6.07 Å². The largest absolute Gasteiger partial charge is 0.396 e. The lowest BCUT2D eigenvalue weighted by Gasteiger charge is -2.28. The van der Waals surface area contributed by atoms with E-state index in [-0.39, 0.29) is 6.61 Å². The predicted molar refractivity (Wildman–Crippen MR) is 72.7 cm³/mol. The van der Waals surface area contributed by atoms with Crippen molar-refractivity contribution in [3.63, 3.8) is 0 Å². The fourth-order valence-corrected chi connectivity index (χ4v) is 3.06. The van der Waals surface area contributed by atoms with Crippen LogP contribution in [0, 0.1) is 0 Å². The van der Waals surface area contributed by atoms with Crippen molar-refractivity contribution >= 4 is 15.9 Å². The highest BCUT2D eigenvalue weighted by Crippen LogP contribution is 2.18. The summed E-state index contributed by atoms with van der Waals surface area (Å²) in [6, 6.07) is 8.99. The van der Waals surface area contributed by atoms with E-state index in [2.05, 4.69) is 0 Å². The zero-order chi connectivity index (χ0) is 13.6. The zero-order valence-corrected chi connectivity index (χ0v) is 11.6. The molecule has 0 aliphatic rings. The van der Waals surface area contributed by atoms with E-state index in [4.69, 9.17) is 5.11 Å². The second-order valence-electron chi connectivity index (χ2n) is 3.91. The van der Waals surface area contributed by atoms with E-state index in [1.54, 1.807) is 31.2 Å². The smallest absolute Gasteiger partial charge is 0.303 e. The Labute approximate surface area is 109 Å². The molecule has 0 unspecified atom stereocenters. The summed E-state index contributed by atoms with van der Waals surface area (Å²) in [5, 5.41) is 8.76.